The molecule has 0 atom stereocenters. The molecule has 6 rings (SSSR count). The van der Waals surface area contributed by atoms with E-state index in [0.29, 0.717) is 12.1 Å². The van der Waals surface area contributed by atoms with Crippen molar-refractivity contribution in [2.24, 2.45) is 5.92 Å². The Balaban J connectivity index is 0.000000271. The number of piperidine rings is 3. The summed E-state index contributed by atoms with van der Waals surface area (Å²) in [7, 11) is 2.93. The van der Waals surface area contributed by atoms with E-state index in [0.717, 1.165) is 125 Å². The number of hydrogen-bond acceptors (Lipinski definition) is 13. The SMILES string of the molecule is CB(O)CC1CCNCC1.Nc1ccc(N2CCC(N[B]C=O)CC2)cc1.O=C[B]NC1CCN(c2ccc([N+](=O)[O-])cc2)CC1.O=[N+]([O-])c1ccc(F)cc1.[HH]. The molecule has 2 radical (unpaired) electrons. The molecule has 3 saturated heterocycles. The first-order valence-corrected chi connectivity index (χ1v) is 18.9. The number of carbonyl (C=O) groups is 2. The van der Waals surface area contributed by atoms with Gasteiger partial charge in [-0.1, -0.05) is 6.82 Å². The first-order valence-electron chi connectivity index (χ1n) is 18.9. The molecule has 56 heavy (non-hydrogen) atoms. The number of rotatable bonds is 12. The first kappa shape index (κ1) is 45.6. The van der Waals surface area contributed by atoms with Crippen LogP contribution in [0.2, 0.25) is 13.1 Å². The second kappa shape index (κ2) is 25.3. The number of halogens is 1. The molecular formula is C37H54B3FN8O7. The van der Waals surface area contributed by atoms with Gasteiger partial charge in [-0.2, -0.15) is 0 Å². The number of nitrogens with one attached hydrogen (secondary N) is 3. The second-order valence-electron chi connectivity index (χ2n) is 13.8. The lowest BCUT2D eigenvalue weighted by Gasteiger charge is -2.34. The highest BCUT2D eigenvalue weighted by Gasteiger charge is 2.20. The number of nitrogens with two attached hydrogens (primary N) is 1. The maximum absolute atomic E-state index is 12.1. The van der Waals surface area contributed by atoms with Gasteiger partial charge in [0.2, 0.25) is 0 Å². The summed E-state index contributed by atoms with van der Waals surface area (Å²) < 4.78 is 12.1. The normalized spacial score (nSPS) is 16.0. The van der Waals surface area contributed by atoms with E-state index < -0.39 is 15.7 Å². The average Bonchev–Trinajstić information content (AvgIpc) is 3.21. The monoisotopic (exact) mass is 774 g/mol. The highest BCUT2D eigenvalue weighted by atomic mass is 19.1. The van der Waals surface area contributed by atoms with Crippen LogP contribution in [-0.2, 0) is 9.59 Å². The van der Waals surface area contributed by atoms with Crippen LogP contribution >= 0.6 is 0 Å². The largest absolute Gasteiger partial charge is 0.451 e. The molecule has 3 fully saturated rings. The smallest absolute Gasteiger partial charge is 0.290 e. The Bertz CT molecular complexity index is 1600. The van der Waals surface area contributed by atoms with Crippen molar-refractivity contribution in [1.29, 1.82) is 0 Å². The van der Waals surface area contributed by atoms with Crippen molar-refractivity contribution in [3.05, 3.63) is 98.8 Å². The molecule has 0 amide bonds. The van der Waals surface area contributed by atoms with Gasteiger partial charge in [0.25, 0.3) is 33.1 Å². The van der Waals surface area contributed by atoms with Crippen molar-refractivity contribution in [3.8, 4) is 0 Å². The van der Waals surface area contributed by atoms with Crippen molar-refractivity contribution in [3.63, 3.8) is 0 Å². The molecule has 3 aliphatic rings. The summed E-state index contributed by atoms with van der Waals surface area (Å²) in [6.07, 6.45) is 9.01. The minimum atomic E-state index is -0.570. The predicted octanol–water partition coefficient (Wildman–Crippen LogP) is 4.18. The third-order valence-corrected chi connectivity index (χ3v) is 9.64. The fourth-order valence-corrected chi connectivity index (χ4v) is 6.59. The molecule has 300 valence electrons. The third kappa shape index (κ3) is 17.3. The van der Waals surface area contributed by atoms with Crippen molar-refractivity contribution >= 4 is 62.6 Å². The molecule has 0 spiro atoms. The zero-order valence-electron chi connectivity index (χ0n) is 31.9. The minimum Gasteiger partial charge on any atom is -0.451 e. The molecule has 3 aliphatic heterocycles. The Morgan fingerprint density at radius 3 is 1.55 bits per heavy atom. The zero-order chi connectivity index (χ0) is 40.7. The minimum absolute atomic E-state index is 0. The van der Waals surface area contributed by atoms with Crippen molar-refractivity contribution in [1.82, 2.24) is 15.8 Å². The van der Waals surface area contributed by atoms with E-state index in [9.17, 15) is 34.2 Å². The highest BCUT2D eigenvalue weighted by Crippen LogP contribution is 2.23. The van der Waals surface area contributed by atoms with E-state index in [-0.39, 0.29) is 19.7 Å². The molecule has 0 bridgehead atoms. The lowest BCUT2D eigenvalue weighted by molar-refractivity contribution is -0.385. The Morgan fingerprint density at radius 2 is 1.18 bits per heavy atom. The summed E-state index contributed by atoms with van der Waals surface area (Å²) >= 11 is 0. The zero-order valence-corrected chi connectivity index (χ0v) is 31.9. The van der Waals surface area contributed by atoms with Crippen LogP contribution in [0, 0.1) is 32.0 Å². The fraction of sp³-hybridized carbons (Fsp3) is 0.459. The topological polar surface area (TPSA) is 209 Å². The molecular weight excluding hydrogens is 720 g/mol. The van der Waals surface area contributed by atoms with Gasteiger partial charge in [-0.15, -0.1) is 0 Å². The van der Waals surface area contributed by atoms with Gasteiger partial charge in [-0.05, 0) is 124 Å². The lowest BCUT2D eigenvalue weighted by Crippen LogP contribution is -2.44. The first-order chi connectivity index (χ1) is 27.0. The number of carbonyl (C=O) groups excluding carboxylic acids is 2. The number of nitro benzene ring substituents is 2. The summed E-state index contributed by atoms with van der Waals surface area (Å²) in [5.41, 5.74) is 8.70. The van der Waals surface area contributed by atoms with E-state index in [1.807, 2.05) is 19.0 Å². The van der Waals surface area contributed by atoms with E-state index >= 15 is 0 Å². The van der Waals surface area contributed by atoms with E-state index in [1.54, 1.807) is 12.1 Å². The molecule has 19 heteroatoms. The van der Waals surface area contributed by atoms with E-state index in [1.165, 1.54) is 45.5 Å². The molecule has 0 aliphatic carbocycles. The highest BCUT2D eigenvalue weighted by molar-refractivity contribution is 6.64. The number of nitrogen functional groups attached to an aromatic ring is 1. The van der Waals surface area contributed by atoms with Crippen LogP contribution < -0.4 is 31.3 Å². The van der Waals surface area contributed by atoms with Gasteiger partial charge in [0.05, 0.1) is 22.2 Å². The number of nitrogens with zero attached hydrogens (tertiary/aromatic N) is 4. The summed E-state index contributed by atoms with van der Waals surface area (Å²) in [6, 6.07) is 19.7. The van der Waals surface area contributed by atoms with Crippen LogP contribution in [0.15, 0.2) is 72.8 Å². The number of hydrogen-bond donors (Lipinski definition) is 5. The number of anilines is 3. The lowest BCUT2D eigenvalue weighted by atomic mass is 9.62. The van der Waals surface area contributed by atoms with Crippen molar-refractivity contribution in [2.45, 2.75) is 63.8 Å². The van der Waals surface area contributed by atoms with Crippen LogP contribution in [0.1, 0.15) is 40.0 Å². The van der Waals surface area contributed by atoms with Crippen LogP contribution in [-0.4, -0.2) is 100 Å². The molecule has 6 N–H and O–H groups in total. The van der Waals surface area contributed by atoms with Gasteiger partial charge < -0.3 is 45.9 Å². The number of benzene rings is 3. The number of nitro groups is 2. The van der Waals surface area contributed by atoms with Gasteiger partial charge >= 0.3 is 0 Å². The standard InChI is InChI=1S/C12H15BN3O3.C12H17BN3O.C7H16BNO.C6H4FNO2.H2/c17-9-13-14-10-5-7-15(8-6-10)11-1-3-12(4-2-11)16(18)19;14-10-1-3-12(4-2-10)16-7-5-11(6-8-16)15-13-9-17;1-8(10)6-7-2-4-9-5-3-7;7-5-1-3-6(4-2-5)8(9)10;/h1-4,9-10,14H,5-8H2;1-4,9,11,15H,5-8,14H2;7,9-10H,2-6H2,1H3;1-4H;1H. The molecule has 0 unspecified atom stereocenters. The van der Waals surface area contributed by atoms with Gasteiger partial charge in [0.1, 0.15) is 5.82 Å². The second-order valence-corrected chi connectivity index (χ2v) is 13.8. The van der Waals surface area contributed by atoms with E-state index in [2.05, 4.69) is 37.7 Å². The van der Waals surface area contributed by atoms with Crippen molar-refractivity contribution in [2.75, 3.05) is 54.8 Å². The van der Waals surface area contributed by atoms with Gasteiger partial charge in [0.15, 0.2) is 0 Å². The van der Waals surface area contributed by atoms with Crippen LogP contribution in [0.25, 0.3) is 0 Å². The molecule has 0 aromatic heterocycles. The Kier molecular flexibility index (Phi) is 20.6. The molecule has 3 aromatic carbocycles. The summed E-state index contributed by atoms with van der Waals surface area (Å²) in [4.78, 5) is 44.6. The van der Waals surface area contributed by atoms with Crippen LogP contribution in [0.3, 0.4) is 0 Å². The maximum Gasteiger partial charge on any atom is 0.290 e. The Morgan fingerprint density at radius 1 is 0.786 bits per heavy atom. The van der Waals surface area contributed by atoms with Gasteiger partial charge in [-0.3, -0.25) is 20.2 Å². The summed E-state index contributed by atoms with van der Waals surface area (Å²) in [5.74, 6) is 0.298. The number of non-ortho nitro benzene ring substituents is 2. The van der Waals surface area contributed by atoms with Gasteiger partial charge in [-0.25, -0.2) is 4.39 Å². The predicted molar refractivity (Wildman–Crippen MR) is 225 cm³/mol. The van der Waals surface area contributed by atoms with Crippen molar-refractivity contribution < 1.29 is 30.3 Å². The summed E-state index contributed by atoms with van der Waals surface area (Å²) in [5, 5.41) is 39.1. The summed E-state index contributed by atoms with van der Waals surface area (Å²) in [6.45, 7) is 7.81. The maximum atomic E-state index is 12.1. The Hall–Kier alpha value is -4.84. The fourth-order valence-electron chi connectivity index (χ4n) is 6.59. The van der Waals surface area contributed by atoms with E-state index in [4.69, 9.17) is 10.8 Å². The quantitative estimate of drug-likeness (QED) is 0.0576. The molecule has 3 heterocycles. The molecule has 0 saturated carbocycles. The molecule has 3 aromatic rings. The third-order valence-electron chi connectivity index (χ3n) is 9.64. The Labute approximate surface area is 331 Å². The molecule has 15 nitrogen and oxygen atoms in total. The average molecular weight is 774 g/mol. The van der Waals surface area contributed by atoms with Crippen LogP contribution in [0.5, 0.6) is 0 Å². The van der Waals surface area contributed by atoms with Gasteiger partial charge in [0, 0.05) is 68.9 Å². The van der Waals surface area contributed by atoms with Crippen LogP contribution in [0.4, 0.5) is 32.8 Å².